The lowest BCUT2D eigenvalue weighted by Gasteiger charge is -2.11. The third-order valence-corrected chi connectivity index (χ3v) is 2.29. The largest absolute Gasteiger partial charge is 0.374 e. The third-order valence-electron chi connectivity index (χ3n) is 1.84. The second-order valence-corrected chi connectivity index (χ2v) is 4.02. The Morgan fingerprint density at radius 1 is 1.60 bits per heavy atom. The van der Waals surface area contributed by atoms with Crippen molar-refractivity contribution in [2.24, 2.45) is 5.73 Å². The molecule has 15 heavy (non-hydrogen) atoms. The van der Waals surface area contributed by atoms with Gasteiger partial charge in [-0.1, -0.05) is 15.9 Å². The topological polar surface area (TPSA) is 78.9 Å². The number of nitrogens with one attached hydrogen (secondary N) is 1. The molecule has 1 amide bonds. The number of amides is 1. The number of hydrogen-bond acceptors (Lipinski definition) is 3. The van der Waals surface area contributed by atoms with Crippen molar-refractivity contribution in [1.29, 1.82) is 5.26 Å². The summed E-state index contributed by atoms with van der Waals surface area (Å²) in [5.41, 5.74) is 6.32. The predicted octanol–water partition coefficient (Wildman–Crippen LogP) is 1.61. The maximum Gasteiger partial charge on any atom is 0.239 e. The van der Waals surface area contributed by atoms with E-state index in [9.17, 15) is 4.79 Å². The maximum atomic E-state index is 10.8. The van der Waals surface area contributed by atoms with Gasteiger partial charge < -0.3 is 11.1 Å². The highest BCUT2D eigenvalue weighted by Crippen LogP contribution is 2.19. The summed E-state index contributed by atoms with van der Waals surface area (Å²) >= 11 is 3.27. The monoisotopic (exact) mass is 267 g/mol. The SMILES string of the molecule is CC(Nc1cc(Br)cc(C#N)c1)C(N)=O. The molecule has 1 aromatic rings. The first-order chi connectivity index (χ1) is 7.02. The van der Waals surface area contributed by atoms with E-state index < -0.39 is 11.9 Å². The Morgan fingerprint density at radius 2 is 2.27 bits per heavy atom. The molecule has 0 aliphatic rings. The number of nitrogens with zero attached hydrogens (tertiary/aromatic N) is 1. The Labute approximate surface area is 96.2 Å². The lowest BCUT2D eigenvalue weighted by atomic mass is 10.2. The normalized spacial score (nSPS) is 11.5. The van der Waals surface area contributed by atoms with Gasteiger partial charge in [-0.2, -0.15) is 5.26 Å². The molecule has 0 radical (unpaired) electrons. The van der Waals surface area contributed by atoms with Gasteiger partial charge in [0.1, 0.15) is 6.04 Å². The van der Waals surface area contributed by atoms with E-state index >= 15 is 0 Å². The van der Waals surface area contributed by atoms with E-state index in [0.717, 1.165) is 4.47 Å². The van der Waals surface area contributed by atoms with E-state index in [1.807, 2.05) is 6.07 Å². The summed E-state index contributed by atoms with van der Waals surface area (Å²) in [6.45, 7) is 1.66. The van der Waals surface area contributed by atoms with Crippen LogP contribution in [-0.2, 0) is 4.79 Å². The number of carbonyl (C=O) groups is 1. The zero-order valence-corrected chi connectivity index (χ0v) is 9.71. The summed E-state index contributed by atoms with van der Waals surface area (Å²) in [6, 6.07) is 6.69. The van der Waals surface area contributed by atoms with Gasteiger partial charge >= 0.3 is 0 Å². The maximum absolute atomic E-state index is 10.8. The zero-order chi connectivity index (χ0) is 11.4. The lowest BCUT2D eigenvalue weighted by molar-refractivity contribution is -0.118. The molecule has 0 fully saturated rings. The molecule has 5 heteroatoms. The summed E-state index contributed by atoms with van der Waals surface area (Å²) in [5, 5.41) is 11.6. The van der Waals surface area contributed by atoms with E-state index in [1.54, 1.807) is 25.1 Å². The van der Waals surface area contributed by atoms with Crippen LogP contribution in [-0.4, -0.2) is 11.9 Å². The van der Waals surface area contributed by atoms with E-state index in [4.69, 9.17) is 11.0 Å². The fraction of sp³-hybridized carbons (Fsp3) is 0.200. The van der Waals surface area contributed by atoms with Crippen molar-refractivity contribution < 1.29 is 4.79 Å². The fourth-order valence-electron chi connectivity index (χ4n) is 1.06. The molecule has 0 saturated heterocycles. The summed E-state index contributed by atoms with van der Waals surface area (Å²) in [5.74, 6) is -0.437. The number of hydrogen-bond donors (Lipinski definition) is 2. The molecule has 0 bridgehead atoms. The van der Waals surface area contributed by atoms with Crippen molar-refractivity contribution in [2.45, 2.75) is 13.0 Å². The van der Waals surface area contributed by atoms with Crippen molar-refractivity contribution in [1.82, 2.24) is 0 Å². The van der Waals surface area contributed by atoms with Crippen LogP contribution in [0.5, 0.6) is 0 Å². The van der Waals surface area contributed by atoms with Crippen LogP contribution >= 0.6 is 15.9 Å². The number of rotatable bonds is 3. The van der Waals surface area contributed by atoms with Crippen LogP contribution in [0.1, 0.15) is 12.5 Å². The molecule has 0 aliphatic carbocycles. The molecule has 4 nitrogen and oxygen atoms in total. The summed E-state index contributed by atoms with van der Waals surface area (Å²) in [4.78, 5) is 10.8. The van der Waals surface area contributed by atoms with E-state index in [1.165, 1.54) is 0 Å². The average Bonchev–Trinajstić information content (AvgIpc) is 2.16. The molecular formula is C10H10BrN3O. The summed E-state index contributed by atoms with van der Waals surface area (Å²) in [7, 11) is 0. The number of carbonyl (C=O) groups excluding carboxylic acids is 1. The van der Waals surface area contributed by atoms with Crippen molar-refractivity contribution in [3.8, 4) is 6.07 Å². The van der Waals surface area contributed by atoms with Crippen molar-refractivity contribution in [3.63, 3.8) is 0 Å². The van der Waals surface area contributed by atoms with Gasteiger partial charge in [-0.3, -0.25) is 4.79 Å². The summed E-state index contributed by atoms with van der Waals surface area (Å²) in [6.07, 6.45) is 0. The van der Waals surface area contributed by atoms with E-state index in [-0.39, 0.29) is 0 Å². The van der Waals surface area contributed by atoms with Crippen LogP contribution in [0.3, 0.4) is 0 Å². The molecular weight excluding hydrogens is 258 g/mol. The highest BCUT2D eigenvalue weighted by molar-refractivity contribution is 9.10. The highest BCUT2D eigenvalue weighted by atomic mass is 79.9. The van der Waals surface area contributed by atoms with Crippen LogP contribution in [0.25, 0.3) is 0 Å². The van der Waals surface area contributed by atoms with Crippen LogP contribution in [0, 0.1) is 11.3 Å². The molecule has 0 spiro atoms. The van der Waals surface area contributed by atoms with Gasteiger partial charge in [0.2, 0.25) is 5.91 Å². The average molecular weight is 268 g/mol. The smallest absolute Gasteiger partial charge is 0.239 e. The number of nitrogens with two attached hydrogens (primary N) is 1. The van der Waals surface area contributed by atoms with Crippen molar-refractivity contribution in [2.75, 3.05) is 5.32 Å². The van der Waals surface area contributed by atoms with Gasteiger partial charge in [-0.15, -0.1) is 0 Å². The molecule has 0 saturated carbocycles. The Hall–Kier alpha value is -1.54. The van der Waals surface area contributed by atoms with Gasteiger partial charge in [-0.05, 0) is 25.1 Å². The van der Waals surface area contributed by atoms with E-state index in [0.29, 0.717) is 11.3 Å². The predicted molar refractivity (Wildman–Crippen MR) is 61.1 cm³/mol. The molecule has 1 rings (SSSR count). The molecule has 3 N–H and O–H groups in total. The standard InChI is InChI=1S/C10H10BrN3O/c1-6(10(13)15)14-9-3-7(5-12)2-8(11)4-9/h2-4,6,14H,1H3,(H2,13,15). The Kier molecular flexibility index (Phi) is 3.69. The Morgan fingerprint density at radius 3 is 2.80 bits per heavy atom. The minimum Gasteiger partial charge on any atom is -0.374 e. The van der Waals surface area contributed by atoms with Crippen molar-refractivity contribution >= 4 is 27.5 Å². The number of nitriles is 1. The first-order valence-electron chi connectivity index (χ1n) is 4.29. The molecule has 0 aromatic heterocycles. The minimum atomic E-state index is -0.467. The van der Waals surface area contributed by atoms with Crippen LogP contribution in [0.15, 0.2) is 22.7 Å². The molecule has 0 heterocycles. The van der Waals surface area contributed by atoms with Gasteiger partial charge in [0.15, 0.2) is 0 Å². The zero-order valence-electron chi connectivity index (χ0n) is 8.12. The lowest BCUT2D eigenvalue weighted by Crippen LogP contribution is -2.32. The van der Waals surface area contributed by atoms with Gasteiger partial charge in [-0.25, -0.2) is 0 Å². The first kappa shape index (κ1) is 11.5. The number of benzene rings is 1. The second-order valence-electron chi connectivity index (χ2n) is 3.11. The molecule has 1 atom stereocenters. The Balaban J connectivity index is 2.91. The van der Waals surface area contributed by atoms with E-state index in [2.05, 4.69) is 21.2 Å². The third kappa shape index (κ3) is 3.26. The van der Waals surface area contributed by atoms with Gasteiger partial charge in [0.25, 0.3) is 0 Å². The molecule has 1 aromatic carbocycles. The number of halogens is 1. The first-order valence-corrected chi connectivity index (χ1v) is 5.09. The summed E-state index contributed by atoms with van der Waals surface area (Å²) < 4.78 is 0.778. The fourth-order valence-corrected chi connectivity index (χ4v) is 1.55. The van der Waals surface area contributed by atoms with Crippen LogP contribution in [0.2, 0.25) is 0 Å². The molecule has 0 aliphatic heterocycles. The quantitative estimate of drug-likeness (QED) is 0.873. The van der Waals surface area contributed by atoms with Crippen LogP contribution < -0.4 is 11.1 Å². The van der Waals surface area contributed by atoms with Crippen molar-refractivity contribution in [3.05, 3.63) is 28.2 Å². The van der Waals surface area contributed by atoms with Crippen LogP contribution in [0.4, 0.5) is 5.69 Å². The number of primary amides is 1. The minimum absolute atomic E-state index is 0.437. The molecule has 1 unspecified atom stereocenters. The number of anilines is 1. The van der Waals surface area contributed by atoms with Gasteiger partial charge in [0.05, 0.1) is 11.6 Å². The second kappa shape index (κ2) is 4.80. The highest BCUT2D eigenvalue weighted by Gasteiger charge is 2.08. The van der Waals surface area contributed by atoms with Gasteiger partial charge in [0, 0.05) is 10.2 Å². The molecule has 78 valence electrons. The Bertz CT molecular complexity index is 425.